The zero-order chi connectivity index (χ0) is 18.2. The van der Waals surface area contributed by atoms with E-state index in [2.05, 4.69) is 15.4 Å². The summed E-state index contributed by atoms with van der Waals surface area (Å²) >= 11 is 5.88. The molecule has 0 saturated heterocycles. The first-order chi connectivity index (χ1) is 12.0. The minimum atomic E-state index is -3.82. The smallest absolute Gasteiger partial charge is 0.244 e. The molecule has 134 valence electrons. The van der Waals surface area contributed by atoms with Gasteiger partial charge in [0.05, 0.1) is 28.9 Å². The van der Waals surface area contributed by atoms with Crippen LogP contribution in [0.4, 0.5) is 0 Å². The van der Waals surface area contributed by atoms with Gasteiger partial charge >= 0.3 is 0 Å². The van der Waals surface area contributed by atoms with E-state index in [-0.39, 0.29) is 10.6 Å². The molecule has 9 heteroatoms. The Morgan fingerprint density at radius 1 is 1.24 bits per heavy atom. The number of sulfonamides is 1. The number of hydrogen-bond donors (Lipinski definition) is 2. The molecule has 3 rings (SSSR count). The molecule has 0 spiro atoms. The first-order valence-corrected chi connectivity index (χ1v) is 9.82. The van der Waals surface area contributed by atoms with Gasteiger partial charge in [-0.15, -0.1) is 0 Å². The molecule has 2 atom stereocenters. The van der Waals surface area contributed by atoms with Crippen LogP contribution >= 0.6 is 11.6 Å². The quantitative estimate of drug-likeness (QED) is 0.626. The molecule has 2 N–H and O–H groups in total. The van der Waals surface area contributed by atoms with Gasteiger partial charge in [0.25, 0.3) is 0 Å². The Hall–Kier alpha value is -1.90. The predicted molar refractivity (Wildman–Crippen MR) is 94.5 cm³/mol. The first kappa shape index (κ1) is 17.9. The number of nitrogens with zero attached hydrogens (tertiary/aromatic N) is 3. The number of halogens is 1. The van der Waals surface area contributed by atoms with Gasteiger partial charge in [0.2, 0.25) is 10.0 Å². The van der Waals surface area contributed by atoms with Gasteiger partial charge < -0.3 is 5.21 Å². The van der Waals surface area contributed by atoms with Crippen LogP contribution in [0.5, 0.6) is 0 Å². The van der Waals surface area contributed by atoms with E-state index in [9.17, 15) is 13.6 Å². The predicted octanol–water partition coefficient (Wildman–Crippen LogP) is 3.18. The molecular formula is C16H19ClN4O3S. The fraction of sp³-hybridized carbons (Fsp3) is 0.375. The summed E-state index contributed by atoms with van der Waals surface area (Å²) in [6.45, 7) is 3.77. The first-order valence-electron chi connectivity index (χ1n) is 8.00. The van der Waals surface area contributed by atoms with Crippen molar-refractivity contribution in [2.75, 3.05) is 0 Å². The molecule has 1 aliphatic heterocycles. The van der Waals surface area contributed by atoms with Gasteiger partial charge in [-0.25, -0.2) is 8.42 Å². The second kappa shape index (κ2) is 6.78. The monoisotopic (exact) mass is 382 g/mol. The Morgan fingerprint density at radius 3 is 2.44 bits per heavy atom. The average molecular weight is 383 g/mol. The number of hydrogen-bond acceptors (Lipinski definition) is 5. The van der Waals surface area contributed by atoms with Gasteiger partial charge in [0, 0.05) is 10.6 Å². The normalized spacial score (nSPS) is 22.9. The SMILES string of the molecule is CCC1/C(=N/O)c2[nH]ncc2C(CC)N1S(=O)(=O)c1ccc(Cl)cc1. The molecule has 0 saturated carbocycles. The minimum Gasteiger partial charge on any atom is -0.411 e. The molecule has 0 fully saturated rings. The standard InChI is InChI=1S/C16H19ClN4O3S/c1-3-13-12-9-18-19-15(12)16(20-22)14(4-2)21(13)25(23,24)11-7-5-10(17)6-8-11/h5-9,13-14,22H,3-4H2,1-2H3,(H,18,19)/b20-16-. The zero-order valence-electron chi connectivity index (χ0n) is 13.8. The van der Waals surface area contributed by atoms with Crippen LogP contribution in [0.3, 0.4) is 0 Å². The lowest BCUT2D eigenvalue weighted by Gasteiger charge is -2.40. The van der Waals surface area contributed by atoms with E-state index in [1.165, 1.54) is 16.4 Å². The minimum absolute atomic E-state index is 0.151. The Balaban J connectivity index is 2.20. The van der Waals surface area contributed by atoms with Crippen molar-refractivity contribution in [2.45, 2.75) is 43.7 Å². The highest BCUT2D eigenvalue weighted by atomic mass is 35.5. The van der Waals surface area contributed by atoms with Crippen molar-refractivity contribution in [3.63, 3.8) is 0 Å². The molecule has 1 aromatic carbocycles. The molecule has 2 aromatic rings. The van der Waals surface area contributed by atoms with Crippen molar-refractivity contribution < 1.29 is 13.6 Å². The summed E-state index contributed by atoms with van der Waals surface area (Å²) in [6, 6.07) is 5.07. The molecule has 25 heavy (non-hydrogen) atoms. The lowest BCUT2D eigenvalue weighted by Crippen LogP contribution is -2.50. The van der Waals surface area contributed by atoms with E-state index in [0.717, 1.165) is 0 Å². The fourth-order valence-corrected chi connectivity index (χ4v) is 5.38. The van der Waals surface area contributed by atoms with Crippen molar-refractivity contribution in [3.05, 3.63) is 46.7 Å². The number of aromatic amines is 1. The van der Waals surface area contributed by atoms with E-state index < -0.39 is 22.1 Å². The highest BCUT2D eigenvalue weighted by Crippen LogP contribution is 2.39. The molecule has 0 bridgehead atoms. The number of benzene rings is 1. The van der Waals surface area contributed by atoms with Crippen LogP contribution in [-0.4, -0.2) is 39.9 Å². The molecule has 7 nitrogen and oxygen atoms in total. The second-order valence-corrected chi connectivity index (χ2v) is 8.10. The topological polar surface area (TPSA) is 98.7 Å². The summed E-state index contributed by atoms with van der Waals surface area (Å²) in [6.07, 6.45) is 2.61. The van der Waals surface area contributed by atoms with Crippen LogP contribution in [0.1, 0.15) is 44.0 Å². The summed E-state index contributed by atoms with van der Waals surface area (Å²) < 4.78 is 28.1. The third kappa shape index (κ3) is 2.84. The Morgan fingerprint density at radius 2 is 1.88 bits per heavy atom. The van der Waals surface area contributed by atoms with Crippen LogP contribution in [-0.2, 0) is 10.0 Å². The maximum absolute atomic E-state index is 13.3. The summed E-state index contributed by atoms with van der Waals surface area (Å²) in [5.41, 5.74) is 1.57. The molecule has 2 unspecified atom stereocenters. The summed E-state index contributed by atoms with van der Waals surface area (Å²) in [5.74, 6) is 0. The van der Waals surface area contributed by atoms with Gasteiger partial charge in [-0.1, -0.05) is 30.6 Å². The van der Waals surface area contributed by atoms with Crippen molar-refractivity contribution in [2.24, 2.45) is 5.16 Å². The molecule has 1 aliphatic rings. The van der Waals surface area contributed by atoms with Crippen LogP contribution in [0, 0.1) is 0 Å². The number of nitrogens with one attached hydrogen (secondary N) is 1. The Labute approximate surface area is 151 Å². The highest BCUT2D eigenvalue weighted by Gasteiger charge is 2.45. The van der Waals surface area contributed by atoms with Crippen LogP contribution < -0.4 is 0 Å². The van der Waals surface area contributed by atoms with Gasteiger partial charge in [0.1, 0.15) is 5.71 Å². The molecule has 0 amide bonds. The van der Waals surface area contributed by atoms with E-state index >= 15 is 0 Å². The number of H-pyrrole nitrogens is 1. The van der Waals surface area contributed by atoms with E-state index in [1.54, 1.807) is 18.3 Å². The third-order valence-corrected chi connectivity index (χ3v) is 6.67. The van der Waals surface area contributed by atoms with Crippen LogP contribution in [0.15, 0.2) is 40.5 Å². The second-order valence-electron chi connectivity index (χ2n) is 5.82. The van der Waals surface area contributed by atoms with Gasteiger partial charge in [-0.05, 0) is 37.1 Å². The van der Waals surface area contributed by atoms with Crippen LogP contribution in [0.25, 0.3) is 0 Å². The summed E-state index contributed by atoms with van der Waals surface area (Å²) in [4.78, 5) is 0.151. The molecular weight excluding hydrogens is 364 g/mol. The van der Waals surface area contributed by atoms with Gasteiger partial charge in [-0.2, -0.15) is 9.40 Å². The third-order valence-electron chi connectivity index (χ3n) is 4.48. The number of aromatic nitrogens is 2. The van der Waals surface area contributed by atoms with Crippen molar-refractivity contribution >= 4 is 27.3 Å². The molecule has 2 heterocycles. The highest BCUT2D eigenvalue weighted by molar-refractivity contribution is 7.89. The molecule has 0 radical (unpaired) electrons. The fourth-order valence-electron chi connectivity index (χ4n) is 3.35. The largest absolute Gasteiger partial charge is 0.411 e. The maximum Gasteiger partial charge on any atom is 0.244 e. The summed E-state index contributed by atoms with van der Waals surface area (Å²) in [7, 11) is -3.82. The van der Waals surface area contributed by atoms with Gasteiger partial charge in [0.15, 0.2) is 0 Å². The Bertz CT molecular complexity index is 892. The molecule has 0 aliphatic carbocycles. The van der Waals surface area contributed by atoms with E-state index in [1.807, 2.05) is 13.8 Å². The average Bonchev–Trinajstić information content (AvgIpc) is 3.09. The lowest BCUT2D eigenvalue weighted by atomic mass is 9.92. The number of rotatable bonds is 4. The van der Waals surface area contributed by atoms with E-state index in [4.69, 9.17) is 11.6 Å². The maximum atomic E-state index is 13.3. The Kier molecular flexibility index (Phi) is 4.86. The van der Waals surface area contributed by atoms with Crippen molar-refractivity contribution in [3.8, 4) is 0 Å². The van der Waals surface area contributed by atoms with Crippen molar-refractivity contribution in [1.29, 1.82) is 0 Å². The summed E-state index contributed by atoms with van der Waals surface area (Å²) in [5, 5.41) is 20.2. The zero-order valence-corrected chi connectivity index (χ0v) is 15.4. The number of fused-ring (bicyclic) bond motifs is 1. The lowest BCUT2D eigenvalue weighted by molar-refractivity contribution is 0.260. The van der Waals surface area contributed by atoms with Gasteiger partial charge in [-0.3, -0.25) is 5.10 Å². The van der Waals surface area contributed by atoms with Crippen molar-refractivity contribution in [1.82, 2.24) is 14.5 Å². The van der Waals surface area contributed by atoms with Crippen LogP contribution in [0.2, 0.25) is 5.02 Å². The van der Waals surface area contributed by atoms with E-state index in [0.29, 0.717) is 29.1 Å². The molecule has 1 aromatic heterocycles. The number of oxime groups is 1.